The van der Waals surface area contributed by atoms with Crippen LogP contribution in [0.3, 0.4) is 0 Å². The molecule has 0 fully saturated rings. The van der Waals surface area contributed by atoms with Crippen molar-refractivity contribution < 1.29 is 14.0 Å². The summed E-state index contributed by atoms with van der Waals surface area (Å²) in [4.78, 5) is 32.6. The Kier molecular flexibility index (Phi) is 6.14. The minimum atomic E-state index is -0.122. The summed E-state index contributed by atoms with van der Waals surface area (Å²) >= 11 is 1.24. The van der Waals surface area contributed by atoms with Crippen LogP contribution >= 0.6 is 11.8 Å². The Labute approximate surface area is 145 Å². The molecule has 0 aromatic carbocycles. The van der Waals surface area contributed by atoms with Gasteiger partial charge in [-0.15, -0.1) is 0 Å². The fourth-order valence-electron chi connectivity index (χ4n) is 2.08. The first kappa shape index (κ1) is 18.2. The molecule has 0 unspecified atom stereocenters. The molecule has 2 aromatic rings. The van der Waals surface area contributed by atoms with E-state index in [2.05, 4.69) is 15.3 Å². The number of aryl methyl sites for hydroxylation is 1. The second-order valence-electron chi connectivity index (χ2n) is 5.83. The number of carbonyl (C=O) groups excluding carboxylic acids is 2. The maximum absolute atomic E-state index is 11.9. The van der Waals surface area contributed by atoms with Crippen molar-refractivity contribution in [1.29, 1.82) is 0 Å². The zero-order valence-corrected chi connectivity index (χ0v) is 15.1. The van der Waals surface area contributed by atoms with Gasteiger partial charge in [-0.1, -0.05) is 25.6 Å². The second kappa shape index (κ2) is 8.10. The van der Waals surface area contributed by atoms with Crippen molar-refractivity contribution in [3.63, 3.8) is 0 Å². The highest BCUT2D eigenvalue weighted by atomic mass is 32.2. The van der Waals surface area contributed by atoms with Gasteiger partial charge in [0.05, 0.1) is 23.3 Å². The molecular weight excluding hydrogens is 326 g/mol. The van der Waals surface area contributed by atoms with Crippen molar-refractivity contribution >= 4 is 23.5 Å². The number of hydrogen-bond donors (Lipinski definition) is 1. The molecule has 0 saturated carbocycles. The highest BCUT2D eigenvalue weighted by Gasteiger charge is 2.18. The van der Waals surface area contributed by atoms with Crippen molar-refractivity contribution in [1.82, 2.24) is 15.3 Å². The van der Waals surface area contributed by atoms with Gasteiger partial charge in [0, 0.05) is 6.54 Å². The Hall–Kier alpha value is -2.15. The first-order valence-corrected chi connectivity index (χ1v) is 8.70. The van der Waals surface area contributed by atoms with Crippen molar-refractivity contribution in [3.05, 3.63) is 29.7 Å². The van der Waals surface area contributed by atoms with E-state index in [-0.39, 0.29) is 17.4 Å². The lowest BCUT2D eigenvalue weighted by molar-refractivity contribution is -0.118. The highest BCUT2D eigenvalue weighted by Crippen LogP contribution is 2.26. The second-order valence-corrected chi connectivity index (χ2v) is 6.80. The van der Waals surface area contributed by atoms with Gasteiger partial charge < -0.3 is 9.73 Å². The Bertz CT molecular complexity index is 727. The standard InChI is InChI=1S/C17H21N3O3S/c1-10(2)8-18-14(22)9-24-17-15(12(4)21)11(3)19-16(20-17)13-6-5-7-23-13/h5-7,10H,8-9H2,1-4H3,(H,18,22). The third-order valence-corrected chi connectivity index (χ3v) is 4.17. The van der Waals surface area contributed by atoms with Gasteiger partial charge in [-0.05, 0) is 31.9 Å². The summed E-state index contributed by atoms with van der Waals surface area (Å²) < 4.78 is 5.32. The number of aromatic nitrogens is 2. The molecule has 128 valence electrons. The number of nitrogens with one attached hydrogen (secondary N) is 1. The lowest BCUT2D eigenvalue weighted by Crippen LogP contribution is -2.28. The van der Waals surface area contributed by atoms with Gasteiger partial charge >= 0.3 is 0 Å². The molecule has 0 saturated heterocycles. The average Bonchev–Trinajstić information content (AvgIpc) is 3.04. The van der Waals surface area contributed by atoms with Gasteiger partial charge in [0.25, 0.3) is 0 Å². The molecule has 0 aliphatic rings. The van der Waals surface area contributed by atoms with E-state index in [1.54, 1.807) is 25.3 Å². The fraction of sp³-hybridized carbons (Fsp3) is 0.412. The number of Topliss-reactive ketones (excluding diaryl/α,β-unsaturated/α-hetero) is 1. The van der Waals surface area contributed by atoms with Crippen LogP contribution < -0.4 is 5.32 Å². The number of nitrogens with zero attached hydrogens (tertiary/aromatic N) is 2. The Morgan fingerprint density at radius 3 is 2.67 bits per heavy atom. The van der Waals surface area contributed by atoms with E-state index in [1.807, 2.05) is 13.8 Å². The molecule has 24 heavy (non-hydrogen) atoms. The minimum absolute atomic E-state index is 0.0842. The molecular formula is C17H21N3O3S. The number of furan rings is 1. The summed E-state index contributed by atoms with van der Waals surface area (Å²) in [5.74, 6) is 1.31. The molecule has 2 aromatic heterocycles. The van der Waals surface area contributed by atoms with Gasteiger partial charge in [0.2, 0.25) is 5.91 Å². The number of ketones is 1. The summed E-state index contributed by atoms with van der Waals surface area (Å²) in [6, 6.07) is 3.51. The normalized spacial score (nSPS) is 10.9. The van der Waals surface area contributed by atoms with Gasteiger partial charge in [-0.3, -0.25) is 9.59 Å². The number of hydrogen-bond acceptors (Lipinski definition) is 6. The maximum Gasteiger partial charge on any atom is 0.230 e. The van der Waals surface area contributed by atoms with Gasteiger partial charge in [-0.25, -0.2) is 9.97 Å². The van der Waals surface area contributed by atoms with Crippen LogP contribution in [0.25, 0.3) is 11.6 Å². The lowest BCUT2D eigenvalue weighted by Gasteiger charge is -2.11. The quantitative estimate of drug-likeness (QED) is 0.470. The van der Waals surface area contributed by atoms with Gasteiger partial charge in [-0.2, -0.15) is 0 Å². The Morgan fingerprint density at radius 2 is 2.08 bits per heavy atom. The topological polar surface area (TPSA) is 85.1 Å². The van der Waals surface area contributed by atoms with Crippen LogP contribution in [-0.4, -0.2) is 34.0 Å². The van der Waals surface area contributed by atoms with Gasteiger partial charge in [0.1, 0.15) is 5.03 Å². The van der Waals surface area contributed by atoms with Crippen LogP contribution in [0.4, 0.5) is 0 Å². The highest BCUT2D eigenvalue weighted by molar-refractivity contribution is 8.00. The third kappa shape index (κ3) is 4.67. The minimum Gasteiger partial charge on any atom is -0.461 e. The summed E-state index contributed by atoms with van der Waals surface area (Å²) in [5.41, 5.74) is 1.03. The molecule has 0 spiro atoms. The van der Waals surface area contributed by atoms with Crippen LogP contribution in [0, 0.1) is 12.8 Å². The van der Waals surface area contributed by atoms with Crippen molar-refractivity contribution in [2.45, 2.75) is 32.7 Å². The molecule has 7 heteroatoms. The van der Waals surface area contributed by atoms with E-state index in [4.69, 9.17) is 4.42 Å². The maximum atomic E-state index is 11.9. The zero-order chi connectivity index (χ0) is 17.7. The molecule has 2 heterocycles. The monoisotopic (exact) mass is 347 g/mol. The number of carbonyl (C=O) groups is 2. The zero-order valence-electron chi connectivity index (χ0n) is 14.3. The number of rotatable bonds is 7. The predicted molar refractivity (Wildman–Crippen MR) is 93.0 cm³/mol. The van der Waals surface area contributed by atoms with E-state index in [0.717, 1.165) is 0 Å². The van der Waals surface area contributed by atoms with E-state index in [1.165, 1.54) is 18.7 Å². The molecule has 0 aliphatic carbocycles. The van der Waals surface area contributed by atoms with E-state index in [9.17, 15) is 9.59 Å². The predicted octanol–water partition coefficient (Wildman–Crippen LogP) is 3.11. The van der Waals surface area contributed by atoms with Gasteiger partial charge in [0.15, 0.2) is 17.4 Å². The van der Waals surface area contributed by atoms with Crippen LogP contribution in [-0.2, 0) is 4.79 Å². The smallest absolute Gasteiger partial charge is 0.230 e. The van der Waals surface area contributed by atoms with E-state index >= 15 is 0 Å². The molecule has 6 nitrogen and oxygen atoms in total. The summed E-state index contributed by atoms with van der Waals surface area (Å²) in [6.45, 7) is 7.92. The Morgan fingerprint density at radius 1 is 1.33 bits per heavy atom. The number of thioether (sulfide) groups is 1. The molecule has 0 radical (unpaired) electrons. The molecule has 1 amide bonds. The first-order valence-electron chi connectivity index (χ1n) is 7.71. The van der Waals surface area contributed by atoms with Crippen LogP contribution in [0.2, 0.25) is 0 Å². The van der Waals surface area contributed by atoms with Crippen molar-refractivity contribution in [3.8, 4) is 11.6 Å². The first-order chi connectivity index (χ1) is 11.4. The van der Waals surface area contributed by atoms with Crippen LogP contribution in [0.15, 0.2) is 27.8 Å². The summed E-state index contributed by atoms with van der Waals surface area (Å²) in [7, 11) is 0. The fourth-order valence-corrected chi connectivity index (χ4v) is 3.03. The van der Waals surface area contributed by atoms with E-state index < -0.39 is 0 Å². The lowest BCUT2D eigenvalue weighted by atomic mass is 10.2. The summed E-state index contributed by atoms with van der Waals surface area (Å²) in [5, 5.41) is 3.35. The molecule has 0 atom stereocenters. The van der Waals surface area contributed by atoms with Crippen LogP contribution in [0.1, 0.15) is 36.8 Å². The largest absolute Gasteiger partial charge is 0.461 e. The molecule has 0 aliphatic heterocycles. The summed E-state index contributed by atoms with van der Waals surface area (Å²) in [6.07, 6.45) is 1.54. The average molecular weight is 347 g/mol. The van der Waals surface area contributed by atoms with Crippen molar-refractivity contribution in [2.24, 2.45) is 5.92 Å². The third-order valence-electron chi connectivity index (χ3n) is 3.20. The molecule has 1 N–H and O–H groups in total. The van der Waals surface area contributed by atoms with E-state index in [0.29, 0.717) is 40.3 Å². The van der Waals surface area contributed by atoms with Crippen molar-refractivity contribution in [2.75, 3.05) is 12.3 Å². The molecule has 0 bridgehead atoms. The Balaban J connectivity index is 2.23. The SMILES string of the molecule is CC(=O)c1c(C)nc(-c2ccco2)nc1SCC(=O)NCC(C)C. The number of amides is 1. The molecule has 2 rings (SSSR count). The van der Waals surface area contributed by atoms with Crippen LogP contribution in [0.5, 0.6) is 0 Å².